The average molecular weight is 285 g/mol. The van der Waals surface area contributed by atoms with Gasteiger partial charge in [-0.05, 0) is 38.9 Å². The molecule has 0 radical (unpaired) electrons. The lowest BCUT2D eigenvalue weighted by atomic mass is 10.1. The van der Waals surface area contributed by atoms with Crippen molar-refractivity contribution in [3.05, 3.63) is 21.4 Å². The number of aliphatic hydroxyl groups is 1. The summed E-state index contributed by atoms with van der Waals surface area (Å²) >= 11 is 1.45. The number of nitrogens with zero attached hydrogens (tertiary/aromatic N) is 1. The quantitative estimate of drug-likeness (QED) is 0.816. The molecular weight excluding hydrogens is 262 g/mol. The van der Waals surface area contributed by atoms with E-state index < -0.39 is 5.60 Å². The van der Waals surface area contributed by atoms with Gasteiger partial charge in [-0.3, -0.25) is 4.90 Å². The Morgan fingerprint density at radius 2 is 2.16 bits per heavy atom. The zero-order valence-corrected chi connectivity index (χ0v) is 13.1. The molecule has 19 heavy (non-hydrogen) atoms. The number of aryl methyl sites for hydroxylation is 1. The lowest BCUT2D eigenvalue weighted by Gasteiger charge is -2.27. The lowest BCUT2D eigenvalue weighted by Crippen LogP contribution is -2.38. The fraction of sp³-hybridized carbons (Fsp3) is 0.643. The van der Waals surface area contributed by atoms with E-state index in [1.165, 1.54) is 18.4 Å². The Bertz CT molecular complexity index is 434. The second kappa shape index (κ2) is 6.50. The van der Waals surface area contributed by atoms with Crippen LogP contribution in [0.2, 0.25) is 0 Å². The van der Waals surface area contributed by atoms with Gasteiger partial charge in [-0.25, -0.2) is 4.79 Å². The molecule has 1 aromatic heterocycles. The van der Waals surface area contributed by atoms with Crippen molar-refractivity contribution < 1.29 is 14.6 Å². The van der Waals surface area contributed by atoms with Crippen LogP contribution >= 0.6 is 11.3 Å². The van der Waals surface area contributed by atoms with Gasteiger partial charge in [0.1, 0.15) is 4.88 Å². The summed E-state index contributed by atoms with van der Waals surface area (Å²) in [6, 6.07) is 1.89. The summed E-state index contributed by atoms with van der Waals surface area (Å²) in [6.07, 6.45) is 0. The molecule has 5 heteroatoms. The number of hydrogen-bond acceptors (Lipinski definition) is 5. The van der Waals surface area contributed by atoms with Crippen LogP contribution in [0.5, 0.6) is 0 Å². The van der Waals surface area contributed by atoms with Crippen molar-refractivity contribution in [2.45, 2.75) is 39.8 Å². The van der Waals surface area contributed by atoms with E-state index in [0.717, 1.165) is 23.5 Å². The first-order valence-corrected chi connectivity index (χ1v) is 7.21. The second-order valence-electron chi connectivity index (χ2n) is 5.30. The number of likely N-dealkylation sites (N-methyl/N-ethyl adjacent to an activating group) is 1. The Morgan fingerprint density at radius 1 is 1.53 bits per heavy atom. The molecule has 4 nitrogen and oxygen atoms in total. The molecule has 1 N–H and O–H groups in total. The summed E-state index contributed by atoms with van der Waals surface area (Å²) in [5, 5.41) is 9.88. The summed E-state index contributed by atoms with van der Waals surface area (Å²) in [4.78, 5) is 15.4. The van der Waals surface area contributed by atoms with Crippen molar-refractivity contribution in [3.8, 4) is 0 Å². The molecule has 0 aliphatic rings. The van der Waals surface area contributed by atoms with Crippen LogP contribution in [0.15, 0.2) is 6.07 Å². The predicted molar refractivity (Wildman–Crippen MR) is 77.6 cm³/mol. The number of thiophene rings is 1. The van der Waals surface area contributed by atoms with Gasteiger partial charge >= 0.3 is 5.97 Å². The van der Waals surface area contributed by atoms with Crippen molar-refractivity contribution >= 4 is 17.3 Å². The Balaban J connectivity index is 2.80. The average Bonchev–Trinajstić information content (AvgIpc) is 2.67. The predicted octanol–water partition coefficient (Wildman–Crippen LogP) is 2.44. The van der Waals surface area contributed by atoms with Crippen LogP contribution in [-0.2, 0) is 11.3 Å². The molecule has 0 bridgehead atoms. The van der Waals surface area contributed by atoms with Crippen LogP contribution < -0.4 is 0 Å². The van der Waals surface area contributed by atoms with Gasteiger partial charge in [0.2, 0.25) is 0 Å². The standard InChI is InChI=1S/C14H23NO3S/c1-6-15(9-14(3,4)17)8-11-7-12(13(16)18-5)19-10(11)2/h7,17H,6,8-9H2,1-5H3. The molecule has 108 valence electrons. The van der Waals surface area contributed by atoms with E-state index in [4.69, 9.17) is 4.74 Å². The monoisotopic (exact) mass is 285 g/mol. The van der Waals surface area contributed by atoms with Crippen molar-refractivity contribution in [1.29, 1.82) is 0 Å². The molecule has 0 atom stereocenters. The van der Waals surface area contributed by atoms with Crippen LogP contribution in [0, 0.1) is 6.92 Å². The summed E-state index contributed by atoms with van der Waals surface area (Å²) in [7, 11) is 1.39. The molecule has 0 saturated carbocycles. The normalized spacial score (nSPS) is 11.9. The topological polar surface area (TPSA) is 49.8 Å². The Labute approximate surface area is 119 Å². The van der Waals surface area contributed by atoms with Crippen molar-refractivity contribution in [2.75, 3.05) is 20.2 Å². The van der Waals surface area contributed by atoms with E-state index in [1.807, 2.05) is 13.0 Å². The van der Waals surface area contributed by atoms with E-state index in [0.29, 0.717) is 11.4 Å². The Kier molecular flexibility index (Phi) is 5.52. The van der Waals surface area contributed by atoms with E-state index in [9.17, 15) is 9.90 Å². The van der Waals surface area contributed by atoms with Gasteiger partial charge in [-0.15, -0.1) is 11.3 Å². The van der Waals surface area contributed by atoms with Gasteiger partial charge in [0.25, 0.3) is 0 Å². The molecule has 1 aromatic rings. The number of carbonyl (C=O) groups is 1. The highest BCUT2D eigenvalue weighted by Gasteiger charge is 2.19. The van der Waals surface area contributed by atoms with Gasteiger partial charge in [-0.2, -0.15) is 0 Å². The second-order valence-corrected chi connectivity index (χ2v) is 6.56. The minimum Gasteiger partial charge on any atom is -0.465 e. The first-order valence-electron chi connectivity index (χ1n) is 6.39. The Hall–Kier alpha value is -0.910. The molecule has 0 spiro atoms. The largest absolute Gasteiger partial charge is 0.465 e. The smallest absolute Gasteiger partial charge is 0.348 e. The fourth-order valence-electron chi connectivity index (χ4n) is 1.95. The Morgan fingerprint density at radius 3 is 2.63 bits per heavy atom. The summed E-state index contributed by atoms with van der Waals surface area (Å²) in [6.45, 7) is 9.87. The van der Waals surface area contributed by atoms with E-state index >= 15 is 0 Å². The van der Waals surface area contributed by atoms with Crippen LogP contribution in [0.4, 0.5) is 0 Å². The summed E-state index contributed by atoms with van der Waals surface area (Å²) in [5.74, 6) is -0.287. The minimum atomic E-state index is -0.717. The third kappa shape index (κ3) is 4.93. The first kappa shape index (κ1) is 16.1. The first-order chi connectivity index (χ1) is 8.76. The number of rotatable bonds is 6. The zero-order chi connectivity index (χ0) is 14.6. The van der Waals surface area contributed by atoms with Crippen LogP contribution in [-0.4, -0.2) is 41.8 Å². The van der Waals surface area contributed by atoms with Crippen molar-refractivity contribution in [3.63, 3.8) is 0 Å². The van der Waals surface area contributed by atoms with Gasteiger partial charge in [0.05, 0.1) is 12.7 Å². The van der Waals surface area contributed by atoms with E-state index in [2.05, 4.69) is 11.8 Å². The van der Waals surface area contributed by atoms with E-state index in [1.54, 1.807) is 13.8 Å². The highest BCUT2D eigenvalue weighted by atomic mass is 32.1. The van der Waals surface area contributed by atoms with Crippen LogP contribution in [0.1, 0.15) is 40.9 Å². The van der Waals surface area contributed by atoms with Gasteiger partial charge in [0, 0.05) is 18.0 Å². The maximum atomic E-state index is 11.5. The number of esters is 1. The third-order valence-corrected chi connectivity index (χ3v) is 3.93. The third-order valence-electron chi connectivity index (χ3n) is 2.86. The molecule has 0 aliphatic heterocycles. The zero-order valence-electron chi connectivity index (χ0n) is 12.3. The highest BCUT2D eigenvalue weighted by molar-refractivity contribution is 7.14. The number of carbonyl (C=O) groups excluding carboxylic acids is 1. The van der Waals surface area contributed by atoms with Crippen LogP contribution in [0.25, 0.3) is 0 Å². The maximum absolute atomic E-state index is 11.5. The van der Waals surface area contributed by atoms with E-state index in [-0.39, 0.29) is 5.97 Å². The molecule has 1 heterocycles. The van der Waals surface area contributed by atoms with Crippen molar-refractivity contribution in [1.82, 2.24) is 4.90 Å². The maximum Gasteiger partial charge on any atom is 0.348 e. The highest BCUT2D eigenvalue weighted by Crippen LogP contribution is 2.24. The van der Waals surface area contributed by atoms with Crippen molar-refractivity contribution in [2.24, 2.45) is 0 Å². The molecule has 0 saturated heterocycles. The molecule has 0 unspecified atom stereocenters. The number of hydrogen-bond donors (Lipinski definition) is 1. The SMILES string of the molecule is CCN(Cc1cc(C(=O)OC)sc1C)CC(C)(C)O. The minimum absolute atomic E-state index is 0.287. The lowest BCUT2D eigenvalue weighted by molar-refractivity contribution is 0.0352. The van der Waals surface area contributed by atoms with Gasteiger partial charge < -0.3 is 9.84 Å². The van der Waals surface area contributed by atoms with Gasteiger partial charge in [0.15, 0.2) is 0 Å². The van der Waals surface area contributed by atoms with Crippen LogP contribution in [0.3, 0.4) is 0 Å². The fourth-order valence-corrected chi connectivity index (χ4v) is 2.90. The summed E-state index contributed by atoms with van der Waals surface area (Å²) < 4.78 is 4.73. The molecule has 0 aliphatic carbocycles. The molecule has 0 fully saturated rings. The number of methoxy groups -OCH3 is 1. The molecule has 1 rings (SSSR count). The molecular formula is C14H23NO3S. The molecule has 0 amide bonds. The van der Waals surface area contributed by atoms with Gasteiger partial charge in [-0.1, -0.05) is 6.92 Å². The molecule has 0 aromatic carbocycles. The number of ether oxygens (including phenoxy) is 1. The summed E-state index contributed by atoms with van der Waals surface area (Å²) in [5.41, 5.74) is 0.405.